The van der Waals surface area contributed by atoms with Crippen molar-refractivity contribution >= 4 is 17.8 Å². The van der Waals surface area contributed by atoms with Crippen molar-refractivity contribution < 1.29 is 19.5 Å². The summed E-state index contributed by atoms with van der Waals surface area (Å²) in [5.41, 5.74) is 0.245. The van der Waals surface area contributed by atoms with E-state index in [1.54, 1.807) is 30.4 Å². The number of rotatable bonds is 4. The minimum absolute atomic E-state index is 0.0469. The van der Waals surface area contributed by atoms with Crippen LogP contribution in [0.4, 0.5) is 0 Å². The molecule has 7 nitrogen and oxygen atoms in total. The normalized spacial score (nSPS) is 36.7. The van der Waals surface area contributed by atoms with Gasteiger partial charge >= 0.3 is 5.97 Å². The zero-order chi connectivity index (χ0) is 17.1. The number of amides is 2. The second-order valence-corrected chi connectivity index (χ2v) is 7.14. The third-order valence-corrected chi connectivity index (χ3v) is 5.91. The number of nitrogens with zero attached hydrogens (tertiary/aromatic N) is 2. The van der Waals surface area contributed by atoms with Gasteiger partial charge in [-0.3, -0.25) is 19.4 Å². The van der Waals surface area contributed by atoms with Gasteiger partial charge in [0.25, 0.3) is 0 Å². The first-order valence-corrected chi connectivity index (χ1v) is 8.13. The van der Waals surface area contributed by atoms with E-state index < -0.39 is 17.3 Å². The maximum Gasteiger partial charge on any atom is 0.310 e. The molecule has 24 heavy (non-hydrogen) atoms. The average Bonchev–Trinajstić information content (AvgIpc) is 3.07. The van der Waals surface area contributed by atoms with Gasteiger partial charge in [-0.15, -0.1) is 0 Å². The Morgan fingerprint density at radius 3 is 2.79 bits per heavy atom. The zero-order valence-electron chi connectivity index (χ0n) is 13.3. The largest absolute Gasteiger partial charge is 0.481 e. The number of nitrogens with one attached hydrogen (secondary N) is 1. The summed E-state index contributed by atoms with van der Waals surface area (Å²) in [7, 11) is 1.70. The number of fused-ring (bicyclic) bond motifs is 1. The lowest BCUT2D eigenvalue weighted by Gasteiger charge is -2.34. The van der Waals surface area contributed by atoms with Gasteiger partial charge in [0.15, 0.2) is 0 Å². The number of hydrogen-bond donors (Lipinski definition) is 2. The minimum atomic E-state index is -0.762. The zero-order valence-corrected chi connectivity index (χ0v) is 13.3. The van der Waals surface area contributed by atoms with E-state index in [9.17, 15) is 19.5 Å². The third kappa shape index (κ3) is 2.03. The summed E-state index contributed by atoms with van der Waals surface area (Å²) in [5, 5.41) is 12.2. The Labute approximate surface area is 139 Å². The molecule has 5 atom stereocenters. The van der Waals surface area contributed by atoms with Crippen molar-refractivity contribution in [1.82, 2.24) is 15.2 Å². The highest BCUT2D eigenvalue weighted by Crippen LogP contribution is 2.67. The molecule has 2 aliphatic carbocycles. The van der Waals surface area contributed by atoms with E-state index in [0.717, 1.165) is 5.56 Å². The number of hydrogen-bond acceptors (Lipinski definition) is 4. The van der Waals surface area contributed by atoms with E-state index in [-0.39, 0.29) is 36.2 Å². The van der Waals surface area contributed by atoms with Gasteiger partial charge in [-0.1, -0.05) is 6.07 Å². The fourth-order valence-corrected chi connectivity index (χ4v) is 4.36. The van der Waals surface area contributed by atoms with E-state index in [1.807, 2.05) is 6.07 Å². The SMILES string of the molecule is CN1C(=O)C[C@H](C(=O)N[C@@H]2C[C@@]3(C(=O)O)C[C@@H]23)[C@H]1c1cccnc1. The van der Waals surface area contributed by atoms with Gasteiger partial charge < -0.3 is 15.3 Å². The molecule has 2 amide bonds. The molecule has 2 saturated carbocycles. The lowest BCUT2D eigenvalue weighted by molar-refractivity contribution is -0.148. The molecule has 0 bridgehead atoms. The Bertz CT molecular complexity index is 722. The van der Waals surface area contributed by atoms with Crippen molar-refractivity contribution in [2.24, 2.45) is 17.3 Å². The molecule has 3 fully saturated rings. The highest BCUT2D eigenvalue weighted by Gasteiger charge is 2.72. The van der Waals surface area contributed by atoms with E-state index in [2.05, 4.69) is 10.3 Å². The van der Waals surface area contributed by atoms with E-state index in [4.69, 9.17) is 0 Å². The molecule has 0 spiro atoms. The van der Waals surface area contributed by atoms with Crippen molar-refractivity contribution in [1.29, 1.82) is 0 Å². The first kappa shape index (κ1) is 15.1. The summed E-state index contributed by atoms with van der Waals surface area (Å²) >= 11 is 0. The van der Waals surface area contributed by atoms with Gasteiger partial charge in [0.1, 0.15) is 0 Å². The number of carbonyl (C=O) groups is 3. The quantitative estimate of drug-likeness (QED) is 0.842. The maximum absolute atomic E-state index is 12.7. The Morgan fingerprint density at radius 2 is 2.21 bits per heavy atom. The van der Waals surface area contributed by atoms with Crippen molar-refractivity contribution in [3.63, 3.8) is 0 Å². The van der Waals surface area contributed by atoms with E-state index in [0.29, 0.717) is 12.8 Å². The van der Waals surface area contributed by atoms with Crippen molar-refractivity contribution in [2.45, 2.75) is 31.3 Å². The summed E-state index contributed by atoms with van der Waals surface area (Å²) < 4.78 is 0. The van der Waals surface area contributed by atoms with Crippen LogP contribution in [0.3, 0.4) is 0 Å². The number of pyridine rings is 1. The molecular weight excluding hydrogens is 310 g/mol. The first-order valence-electron chi connectivity index (χ1n) is 8.13. The highest BCUT2D eigenvalue weighted by molar-refractivity contribution is 5.91. The minimum Gasteiger partial charge on any atom is -0.481 e. The predicted molar refractivity (Wildman–Crippen MR) is 82.6 cm³/mol. The standard InChI is InChI=1S/C17H19N3O4/c1-20-13(21)5-10(14(20)9-3-2-4-18-8-9)15(22)19-12-7-17(16(23)24)6-11(12)17/h2-4,8,10-12,14H,5-7H2,1H3,(H,19,22)(H,23,24)/t10-,11-,12+,14+,17-/m0/s1. The molecule has 1 aromatic heterocycles. The molecule has 0 radical (unpaired) electrons. The third-order valence-electron chi connectivity index (χ3n) is 5.91. The van der Waals surface area contributed by atoms with Crippen molar-refractivity contribution in [3.8, 4) is 0 Å². The van der Waals surface area contributed by atoms with Crippen LogP contribution in [-0.4, -0.2) is 45.9 Å². The first-order chi connectivity index (χ1) is 11.4. The summed E-state index contributed by atoms with van der Waals surface area (Å²) in [6.45, 7) is 0. The smallest absolute Gasteiger partial charge is 0.310 e. The van der Waals surface area contributed by atoms with Crippen LogP contribution in [0, 0.1) is 17.3 Å². The molecule has 1 aliphatic heterocycles. The molecule has 1 aromatic rings. The fourth-order valence-electron chi connectivity index (χ4n) is 4.36. The molecule has 126 valence electrons. The second-order valence-electron chi connectivity index (χ2n) is 7.14. The van der Waals surface area contributed by atoms with Gasteiger partial charge in [-0.25, -0.2) is 0 Å². The predicted octanol–water partition coefficient (Wildman–Crippen LogP) is 0.580. The fraction of sp³-hybridized carbons (Fsp3) is 0.529. The Hall–Kier alpha value is -2.44. The number of aromatic nitrogens is 1. The average molecular weight is 329 g/mol. The van der Waals surface area contributed by atoms with Crippen LogP contribution in [0.15, 0.2) is 24.5 Å². The topological polar surface area (TPSA) is 99.6 Å². The van der Waals surface area contributed by atoms with Crippen LogP contribution in [0.5, 0.6) is 0 Å². The van der Waals surface area contributed by atoms with Gasteiger partial charge in [-0.05, 0) is 30.4 Å². The summed E-state index contributed by atoms with van der Waals surface area (Å²) in [5.74, 6) is -1.42. The van der Waals surface area contributed by atoms with Crippen molar-refractivity contribution in [3.05, 3.63) is 30.1 Å². The van der Waals surface area contributed by atoms with E-state index in [1.165, 1.54) is 0 Å². The lowest BCUT2D eigenvalue weighted by Crippen LogP contribution is -2.50. The van der Waals surface area contributed by atoms with Crippen LogP contribution in [0.2, 0.25) is 0 Å². The van der Waals surface area contributed by atoms with Crippen LogP contribution in [0.1, 0.15) is 30.9 Å². The summed E-state index contributed by atoms with van der Waals surface area (Å²) in [4.78, 5) is 41.7. The molecular formula is C17H19N3O4. The monoisotopic (exact) mass is 329 g/mol. The van der Waals surface area contributed by atoms with Gasteiger partial charge in [0.05, 0.1) is 17.4 Å². The van der Waals surface area contributed by atoms with E-state index >= 15 is 0 Å². The van der Waals surface area contributed by atoms with Gasteiger partial charge in [0.2, 0.25) is 11.8 Å². The summed E-state index contributed by atoms with van der Waals surface area (Å²) in [6, 6.07) is 3.25. The lowest BCUT2D eigenvalue weighted by atomic mass is 9.79. The molecule has 4 rings (SSSR count). The summed E-state index contributed by atoms with van der Waals surface area (Å²) in [6.07, 6.45) is 4.64. The van der Waals surface area contributed by atoms with Crippen molar-refractivity contribution in [2.75, 3.05) is 7.05 Å². The Morgan fingerprint density at radius 1 is 1.42 bits per heavy atom. The van der Waals surface area contributed by atoms with Crippen LogP contribution in [-0.2, 0) is 14.4 Å². The number of carbonyl (C=O) groups excluding carboxylic acids is 2. The van der Waals surface area contributed by atoms with Crippen LogP contribution >= 0.6 is 0 Å². The van der Waals surface area contributed by atoms with Crippen LogP contribution in [0.25, 0.3) is 0 Å². The molecule has 1 saturated heterocycles. The number of likely N-dealkylation sites (tertiary alicyclic amines) is 1. The number of carboxylic acid groups (broad SMARTS) is 1. The second kappa shape index (κ2) is 5.03. The van der Waals surface area contributed by atoms with Gasteiger partial charge in [-0.2, -0.15) is 0 Å². The number of carboxylic acids is 1. The highest BCUT2D eigenvalue weighted by atomic mass is 16.4. The molecule has 2 N–H and O–H groups in total. The number of aliphatic carboxylic acids is 1. The molecule has 0 aromatic carbocycles. The molecule has 0 unspecified atom stereocenters. The Kier molecular flexibility index (Phi) is 3.16. The Balaban J connectivity index is 1.47. The molecule has 7 heteroatoms. The molecule has 3 aliphatic rings. The molecule has 2 heterocycles. The van der Waals surface area contributed by atoms with Gasteiger partial charge in [0, 0.05) is 31.9 Å². The van der Waals surface area contributed by atoms with Crippen LogP contribution < -0.4 is 5.32 Å². The maximum atomic E-state index is 12.7.